The van der Waals surface area contributed by atoms with Gasteiger partial charge in [0.1, 0.15) is 11.5 Å². The predicted octanol–water partition coefficient (Wildman–Crippen LogP) is 2.56. The molecule has 0 saturated heterocycles. The number of hydrogen-bond donors (Lipinski definition) is 2. The number of rotatable bonds is 7. The normalized spacial score (nSPS) is 16.6. The summed E-state index contributed by atoms with van der Waals surface area (Å²) in [5.41, 5.74) is 3.32. The molecule has 0 radical (unpaired) electrons. The fourth-order valence-corrected chi connectivity index (χ4v) is 4.15. The average Bonchev–Trinajstić information content (AvgIpc) is 2.67. The lowest BCUT2D eigenvalue weighted by Gasteiger charge is -2.27. The van der Waals surface area contributed by atoms with E-state index in [1.807, 2.05) is 24.3 Å². The maximum Gasteiger partial charge on any atom is 0.238 e. The Morgan fingerprint density at radius 3 is 2.67 bits per heavy atom. The fraction of sp³-hybridized carbons (Fsp3) is 0.400. The van der Waals surface area contributed by atoms with Gasteiger partial charge < -0.3 is 14.8 Å². The number of aryl methyl sites for hydroxylation is 1. The van der Waals surface area contributed by atoms with Crippen molar-refractivity contribution in [1.29, 1.82) is 0 Å². The Balaban J connectivity index is 1.71. The Hall–Kier alpha value is -2.09. The van der Waals surface area contributed by atoms with Crippen LogP contribution >= 0.6 is 0 Å². The van der Waals surface area contributed by atoms with Gasteiger partial charge in [0.15, 0.2) is 0 Å². The summed E-state index contributed by atoms with van der Waals surface area (Å²) in [7, 11) is -0.413. The molecule has 0 aromatic heterocycles. The highest BCUT2D eigenvalue weighted by molar-refractivity contribution is 7.89. The summed E-state index contributed by atoms with van der Waals surface area (Å²) in [5, 5.41) is 8.86. The van der Waals surface area contributed by atoms with E-state index in [2.05, 4.69) is 5.32 Å². The van der Waals surface area contributed by atoms with Crippen molar-refractivity contribution >= 4 is 10.0 Å². The van der Waals surface area contributed by atoms with Gasteiger partial charge >= 0.3 is 0 Å². The minimum Gasteiger partial charge on any atom is -0.497 e. The van der Waals surface area contributed by atoms with Gasteiger partial charge in [-0.05, 0) is 67.1 Å². The van der Waals surface area contributed by atoms with E-state index in [-0.39, 0.29) is 10.9 Å². The zero-order valence-corrected chi connectivity index (χ0v) is 16.5. The first-order valence-electron chi connectivity index (χ1n) is 9.02. The number of hydrogen-bond acceptors (Lipinski definition) is 5. The molecule has 0 saturated carbocycles. The molecule has 0 spiro atoms. The Labute approximate surface area is 160 Å². The van der Waals surface area contributed by atoms with Crippen molar-refractivity contribution in [2.45, 2.75) is 36.6 Å². The van der Waals surface area contributed by atoms with E-state index in [0.717, 1.165) is 54.9 Å². The molecule has 3 N–H and O–H groups in total. The zero-order chi connectivity index (χ0) is 19.4. The molecule has 146 valence electrons. The second-order valence-electron chi connectivity index (χ2n) is 6.73. The van der Waals surface area contributed by atoms with Gasteiger partial charge in [0.05, 0.1) is 19.1 Å². The Morgan fingerprint density at radius 1 is 1.15 bits per heavy atom. The van der Waals surface area contributed by atoms with Gasteiger partial charge in [-0.1, -0.05) is 12.1 Å². The molecule has 1 aliphatic carbocycles. The third-order valence-corrected chi connectivity index (χ3v) is 5.95. The number of sulfonamides is 1. The van der Waals surface area contributed by atoms with E-state index in [9.17, 15) is 8.42 Å². The smallest absolute Gasteiger partial charge is 0.238 e. The molecule has 0 fully saturated rings. The van der Waals surface area contributed by atoms with Gasteiger partial charge in [0.2, 0.25) is 10.0 Å². The maximum atomic E-state index is 11.7. The van der Waals surface area contributed by atoms with Gasteiger partial charge in [-0.15, -0.1) is 0 Å². The molecule has 1 unspecified atom stereocenters. The Morgan fingerprint density at radius 2 is 1.96 bits per heavy atom. The second-order valence-corrected chi connectivity index (χ2v) is 8.29. The van der Waals surface area contributed by atoms with Crippen molar-refractivity contribution in [3.05, 3.63) is 53.1 Å². The SMILES string of the molecule is COc1ccc(CCNC2CCCc3ccc(S(N)(=O)=O)cc32)c(OC)c1. The first kappa shape index (κ1) is 19.7. The molecule has 3 rings (SSSR count). The topological polar surface area (TPSA) is 90.6 Å². The highest BCUT2D eigenvalue weighted by atomic mass is 32.2. The molecule has 27 heavy (non-hydrogen) atoms. The van der Waals surface area contributed by atoms with E-state index in [1.54, 1.807) is 26.4 Å². The van der Waals surface area contributed by atoms with Crippen LogP contribution in [0.4, 0.5) is 0 Å². The zero-order valence-electron chi connectivity index (χ0n) is 15.7. The van der Waals surface area contributed by atoms with Gasteiger partial charge in [-0.2, -0.15) is 0 Å². The van der Waals surface area contributed by atoms with E-state index < -0.39 is 10.0 Å². The number of fused-ring (bicyclic) bond motifs is 1. The van der Waals surface area contributed by atoms with Crippen molar-refractivity contribution < 1.29 is 17.9 Å². The molecular formula is C20H26N2O4S. The van der Waals surface area contributed by atoms with Crippen molar-refractivity contribution in [1.82, 2.24) is 5.32 Å². The van der Waals surface area contributed by atoms with Gasteiger partial charge in [0, 0.05) is 12.1 Å². The van der Waals surface area contributed by atoms with Crippen molar-refractivity contribution in [3.63, 3.8) is 0 Å². The van der Waals surface area contributed by atoms with Crippen molar-refractivity contribution in [2.24, 2.45) is 5.14 Å². The number of methoxy groups -OCH3 is 2. The van der Waals surface area contributed by atoms with E-state index >= 15 is 0 Å². The molecular weight excluding hydrogens is 364 g/mol. The van der Waals surface area contributed by atoms with E-state index in [4.69, 9.17) is 14.6 Å². The molecule has 0 bridgehead atoms. The Kier molecular flexibility index (Phi) is 6.04. The lowest BCUT2D eigenvalue weighted by Crippen LogP contribution is -2.27. The quantitative estimate of drug-likeness (QED) is 0.758. The fourth-order valence-electron chi connectivity index (χ4n) is 3.61. The summed E-state index contributed by atoms with van der Waals surface area (Å²) >= 11 is 0. The van der Waals surface area contributed by atoms with Crippen molar-refractivity contribution in [3.8, 4) is 11.5 Å². The molecule has 6 nitrogen and oxygen atoms in total. The summed E-state index contributed by atoms with van der Waals surface area (Å²) in [6, 6.07) is 11.1. The summed E-state index contributed by atoms with van der Waals surface area (Å²) in [6.07, 6.45) is 3.81. The molecule has 1 aliphatic rings. The summed E-state index contributed by atoms with van der Waals surface area (Å²) < 4.78 is 34.0. The average molecular weight is 391 g/mol. The lowest BCUT2D eigenvalue weighted by molar-refractivity contribution is 0.389. The molecule has 2 aromatic rings. The number of ether oxygens (including phenoxy) is 2. The maximum absolute atomic E-state index is 11.7. The lowest BCUT2D eigenvalue weighted by atomic mass is 9.87. The predicted molar refractivity (Wildman–Crippen MR) is 105 cm³/mol. The molecule has 2 aromatic carbocycles. The highest BCUT2D eigenvalue weighted by Crippen LogP contribution is 2.31. The largest absolute Gasteiger partial charge is 0.497 e. The minimum atomic E-state index is -3.70. The molecule has 0 amide bonds. The molecule has 0 aliphatic heterocycles. The second kappa shape index (κ2) is 8.29. The van der Waals surface area contributed by atoms with Crippen LogP contribution in [0.15, 0.2) is 41.3 Å². The summed E-state index contributed by atoms with van der Waals surface area (Å²) in [5.74, 6) is 1.57. The van der Waals surface area contributed by atoms with Gasteiger partial charge in [0.25, 0.3) is 0 Å². The van der Waals surface area contributed by atoms with Crippen LogP contribution in [0.3, 0.4) is 0 Å². The summed E-state index contributed by atoms with van der Waals surface area (Å²) in [6.45, 7) is 0.756. The monoisotopic (exact) mass is 390 g/mol. The van der Waals surface area contributed by atoms with Crippen LogP contribution in [-0.4, -0.2) is 29.2 Å². The highest BCUT2D eigenvalue weighted by Gasteiger charge is 2.22. The number of nitrogens with two attached hydrogens (primary N) is 1. The number of nitrogens with one attached hydrogen (secondary N) is 1. The van der Waals surface area contributed by atoms with Crippen molar-refractivity contribution in [2.75, 3.05) is 20.8 Å². The van der Waals surface area contributed by atoms with Crippen LogP contribution < -0.4 is 19.9 Å². The Bertz CT molecular complexity index is 912. The first-order valence-corrected chi connectivity index (χ1v) is 10.6. The standard InChI is InChI=1S/C20H26N2O4S/c1-25-16-8-6-15(20(12-16)26-2)10-11-22-19-5-3-4-14-7-9-17(13-18(14)19)27(21,23)24/h6-9,12-13,19,22H,3-5,10-11H2,1-2H3,(H2,21,23,24). The molecule has 7 heteroatoms. The first-order chi connectivity index (χ1) is 12.9. The van der Waals surface area contributed by atoms with Crippen LogP contribution in [0, 0.1) is 0 Å². The third kappa shape index (κ3) is 4.61. The van der Waals surface area contributed by atoms with Crippen LogP contribution in [0.25, 0.3) is 0 Å². The van der Waals surface area contributed by atoms with Crippen LogP contribution in [0.1, 0.15) is 35.6 Å². The van der Waals surface area contributed by atoms with Crippen LogP contribution in [0.5, 0.6) is 11.5 Å². The third-order valence-electron chi connectivity index (χ3n) is 5.04. The van der Waals surface area contributed by atoms with Crippen LogP contribution in [0.2, 0.25) is 0 Å². The number of primary sulfonamides is 1. The number of benzene rings is 2. The molecule has 1 atom stereocenters. The minimum absolute atomic E-state index is 0.125. The van der Waals surface area contributed by atoms with Crippen LogP contribution in [-0.2, 0) is 22.9 Å². The van der Waals surface area contributed by atoms with Gasteiger partial charge in [-0.25, -0.2) is 13.6 Å². The van der Waals surface area contributed by atoms with Gasteiger partial charge in [-0.3, -0.25) is 0 Å². The van der Waals surface area contributed by atoms with E-state index in [1.165, 1.54) is 5.56 Å². The molecule has 0 heterocycles. The summed E-state index contributed by atoms with van der Waals surface area (Å²) in [4.78, 5) is 0.173. The van der Waals surface area contributed by atoms with E-state index in [0.29, 0.717) is 0 Å².